The molecule has 0 aliphatic carbocycles. The van der Waals surface area contributed by atoms with E-state index in [1.54, 1.807) is 12.1 Å². The third-order valence-corrected chi connectivity index (χ3v) is 3.76. The smallest absolute Gasteiger partial charge is 0.253 e. The Morgan fingerprint density at radius 2 is 2.00 bits per heavy atom. The number of nitrogens with zero attached hydrogens (tertiary/aromatic N) is 2. The van der Waals surface area contributed by atoms with Crippen LogP contribution in [0.3, 0.4) is 0 Å². The average Bonchev–Trinajstić information content (AvgIpc) is 2.94. The van der Waals surface area contributed by atoms with Crippen molar-refractivity contribution in [3.8, 4) is 0 Å². The van der Waals surface area contributed by atoms with Gasteiger partial charge in [0.1, 0.15) is 11.0 Å². The molecule has 0 saturated carbocycles. The molecule has 0 radical (unpaired) electrons. The minimum Gasteiger partial charge on any atom is -0.348 e. The van der Waals surface area contributed by atoms with Gasteiger partial charge in [-0.25, -0.2) is 0 Å². The summed E-state index contributed by atoms with van der Waals surface area (Å²) in [6.45, 7) is 0.453. The molecule has 0 unspecified atom stereocenters. The molecule has 0 aliphatic heterocycles. The standard InChI is InChI=1S/C14H11BrN4O/c15-11-6-2-1-4-9(11)8-16-14(20)10-5-3-7-12-13(10)18-19-17-12/h1-7H,8H2,(H,16,20)(H,17,18,19). The lowest BCUT2D eigenvalue weighted by atomic mass is 10.1. The van der Waals surface area contributed by atoms with Crippen LogP contribution in [-0.4, -0.2) is 21.3 Å². The number of nitrogens with one attached hydrogen (secondary N) is 2. The number of fused-ring (bicyclic) bond motifs is 1. The summed E-state index contributed by atoms with van der Waals surface area (Å²) in [6, 6.07) is 13.1. The van der Waals surface area contributed by atoms with Gasteiger partial charge in [0.15, 0.2) is 0 Å². The lowest BCUT2D eigenvalue weighted by molar-refractivity contribution is 0.0952. The summed E-state index contributed by atoms with van der Waals surface area (Å²) >= 11 is 3.46. The highest BCUT2D eigenvalue weighted by atomic mass is 79.9. The maximum Gasteiger partial charge on any atom is 0.253 e. The van der Waals surface area contributed by atoms with Gasteiger partial charge in [-0.3, -0.25) is 4.79 Å². The van der Waals surface area contributed by atoms with Gasteiger partial charge in [-0.05, 0) is 23.8 Å². The first-order valence-corrected chi connectivity index (χ1v) is 6.86. The number of H-pyrrole nitrogens is 1. The van der Waals surface area contributed by atoms with Gasteiger partial charge in [-0.2, -0.15) is 15.4 Å². The van der Waals surface area contributed by atoms with Gasteiger partial charge < -0.3 is 5.32 Å². The minimum absolute atomic E-state index is 0.166. The van der Waals surface area contributed by atoms with Gasteiger partial charge in [0.05, 0.1) is 5.56 Å². The average molecular weight is 331 g/mol. The highest BCUT2D eigenvalue weighted by molar-refractivity contribution is 9.10. The number of benzene rings is 2. The molecule has 20 heavy (non-hydrogen) atoms. The molecule has 2 aromatic carbocycles. The fourth-order valence-corrected chi connectivity index (χ4v) is 2.39. The number of halogens is 1. The van der Waals surface area contributed by atoms with Crippen molar-refractivity contribution in [3.63, 3.8) is 0 Å². The minimum atomic E-state index is -0.166. The van der Waals surface area contributed by atoms with Crippen LogP contribution in [0.25, 0.3) is 11.0 Å². The van der Waals surface area contributed by atoms with Crippen LogP contribution in [0.4, 0.5) is 0 Å². The zero-order valence-corrected chi connectivity index (χ0v) is 12.0. The first-order valence-electron chi connectivity index (χ1n) is 6.07. The quantitative estimate of drug-likeness (QED) is 0.775. The number of rotatable bonds is 3. The summed E-state index contributed by atoms with van der Waals surface area (Å²) < 4.78 is 0.972. The Kier molecular flexibility index (Phi) is 3.47. The van der Waals surface area contributed by atoms with Gasteiger partial charge in [0.25, 0.3) is 5.91 Å². The lowest BCUT2D eigenvalue weighted by Gasteiger charge is -2.07. The topological polar surface area (TPSA) is 70.7 Å². The van der Waals surface area contributed by atoms with Crippen molar-refractivity contribution in [1.29, 1.82) is 0 Å². The Hall–Kier alpha value is -2.21. The molecule has 0 fully saturated rings. The Morgan fingerprint density at radius 1 is 1.15 bits per heavy atom. The third kappa shape index (κ3) is 2.42. The fraction of sp³-hybridized carbons (Fsp3) is 0.0714. The molecule has 1 amide bonds. The molecule has 0 bridgehead atoms. The molecule has 100 valence electrons. The summed E-state index contributed by atoms with van der Waals surface area (Å²) in [7, 11) is 0. The summed E-state index contributed by atoms with van der Waals surface area (Å²) in [5.41, 5.74) is 2.80. The summed E-state index contributed by atoms with van der Waals surface area (Å²) in [6.07, 6.45) is 0. The van der Waals surface area contributed by atoms with Gasteiger partial charge >= 0.3 is 0 Å². The Labute approximate surface area is 123 Å². The Balaban J connectivity index is 1.80. The molecule has 0 aliphatic rings. The molecule has 3 rings (SSSR count). The Morgan fingerprint density at radius 3 is 2.85 bits per heavy atom. The number of aromatic nitrogens is 3. The fourth-order valence-electron chi connectivity index (χ4n) is 1.96. The summed E-state index contributed by atoms with van der Waals surface area (Å²) in [5.74, 6) is -0.166. The molecular weight excluding hydrogens is 320 g/mol. The van der Waals surface area contributed by atoms with Crippen LogP contribution in [0.15, 0.2) is 46.9 Å². The van der Waals surface area contributed by atoms with E-state index in [2.05, 4.69) is 36.7 Å². The van der Waals surface area contributed by atoms with E-state index in [1.165, 1.54) is 0 Å². The van der Waals surface area contributed by atoms with Crippen LogP contribution in [0.5, 0.6) is 0 Å². The first kappa shape index (κ1) is 12.8. The first-order chi connectivity index (χ1) is 9.75. The Bertz CT molecular complexity index is 768. The van der Waals surface area contributed by atoms with Crippen molar-refractivity contribution >= 4 is 32.9 Å². The predicted molar refractivity (Wildman–Crippen MR) is 79.2 cm³/mol. The molecule has 0 saturated heterocycles. The number of hydrogen-bond donors (Lipinski definition) is 2. The monoisotopic (exact) mass is 330 g/mol. The van der Waals surface area contributed by atoms with E-state index >= 15 is 0 Å². The number of para-hydroxylation sites is 1. The summed E-state index contributed by atoms with van der Waals surface area (Å²) in [4.78, 5) is 12.2. The second-order valence-electron chi connectivity index (χ2n) is 4.27. The van der Waals surface area contributed by atoms with E-state index in [4.69, 9.17) is 0 Å². The number of aromatic amines is 1. The van der Waals surface area contributed by atoms with E-state index in [0.717, 1.165) is 10.0 Å². The van der Waals surface area contributed by atoms with Crippen molar-refractivity contribution in [2.75, 3.05) is 0 Å². The molecule has 1 heterocycles. The van der Waals surface area contributed by atoms with Gasteiger partial charge in [0.2, 0.25) is 0 Å². The van der Waals surface area contributed by atoms with Crippen molar-refractivity contribution in [3.05, 3.63) is 58.1 Å². The second-order valence-corrected chi connectivity index (χ2v) is 5.13. The second kappa shape index (κ2) is 5.42. The van der Waals surface area contributed by atoms with Gasteiger partial charge in [0, 0.05) is 11.0 Å². The highest BCUT2D eigenvalue weighted by Gasteiger charge is 2.12. The number of hydrogen-bond acceptors (Lipinski definition) is 3. The van der Waals surface area contributed by atoms with Crippen LogP contribution in [0, 0.1) is 0 Å². The van der Waals surface area contributed by atoms with Gasteiger partial charge in [-0.1, -0.05) is 40.2 Å². The molecule has 6 heteroatoms. The molecule has 0 spiro atoms. The number of carbonyl (C=O) groups is 1. The normalized spacial score (nSPS) is 10.7. The largest absolute Gasteiger partial charge is 0.348 e. The van der Waals surface area contributed by atoms with Crippen molar-refractivity contribution in [2.24, 2.45) is 0 Å². The maximum absolute atomic E-state index is 12.2. The van der Waals surface area contributed by atoms with Crippen molar-refractivity contribution in [1.82, 2.24) is 20.7 Å². The molecule has 3 aromatic rings. The third-order valence-electron chi connectivity index (χ3n) is 2.99. The molecular formula is C14H11BrN4O. The van der Waals surface area contributed by atoms with Crippen molar-refractivity contribution < 1.29 is 4.79 Å². The van der Waals surface area contributed by atoms with Crippen LogP contribution in [-0.2, 0) is 6.54 Å². The van der Waals surface area contributed by atoms with Crippen LogP contribution >= 0.6 is 15.9 Å². The summed E-state index contributed by atoms with van der Waals surface area (Å²) in [5, 5.41) is 13.4. The van der Waals surface area contributed by atoms with E-state index in [9.17, 15) is 4.79 Å². The molecule has 0 atom stereocenters. The zero-order valence-electron chi connectivity index (χ0n) is 10.4. The van der Waals surface area contributed by atoms with E-state index in [1.807, 2.05) is 30.3 Å². The molecule has 2 N–H and O–H groups in total. The molecule has 1 aromatic heterocycles. The van der Waals surface area contributed by atoms with E-state index in [-0.39, 0.29) is 5.91 Å². The van der Waals surface area contributed by atoms with Crippen LogP contribution < -0.4 is 5.32 Å². The van der Waals surface area contributed by atoms with Crippen molar-refractivity contribution in [2.45, 2.75) is 6.54 Å². The van der Waals surface area contributed by atoms with E-state index < -0.39 is 0 Å². The van der Waals surface area contributed by atoms with E-state index in [0.29, 0.717) is 23.1 Å². The van der Waals surface area contributed by atoms with Gasteiger partial charge in [-0.15, -0.1) is 0 Å². The predicted octanol–water partition coefficient (Wildman–Crippen LogP) is 2.65. The molecule has 5 nitrogen and oxygen atoms in total. The highest BCUT2D eigenvalue weighted by Crippen LogP contribution is 2.16. The SMILES string of the molecule is O=C(NCc1ccccc1Br)c1cccc2n[nH]nc12. The number of carbonyl (C=O) groups excluding carboxylic acids is 1. The zero-order chi connectivity index (χ0) is 13.9. The van der Waals surface area contributed by atoms with Crippen LogP contribution in [0.1, 0.15) is 15.9 Å². The maximum atomic E-state index is 12.2. The van der Waals surface area contributed by atoms with Crippen LogP contribution in [0.2, 0.25) is 0 Å². The number of amides is 1. The lowest BCUT2D eigenvalue weighted by Crippen LogP contribution is -2.23.